The van der Waals surface area contributed by atoms with Gasteiger partial charge in [-0.15, -0.1) is 0 Å². The molecule has 0 aliphatic carbocycles. The summed E-state index contributed by atoms with van der Waals surface area (Å²) < 4.78 is 13.0. The molecule has 0 radical (unpaired) electrons. The van der Waals surface area contributed by atoms with E-state index in [2.05, 4.69) is 10.3 Å². The monoisotopic (exact) mass is 385 g/mol. The normalized spacial score (nSPS) is 18.7. The van der Waals surface area contributed by atoms with Crippen molar-refractivity contribution in [2.45, 2.75) is 25.5 Å². The van der Waals surface area contributed by atoms with Crippen molar-refractivity contribution in [1.82, 2.24) is 4.90 Å². The Kier molecular flexibility index (Phi) is 5.60. The molecule has 1 atom stereocenters. The number of amides is 2. The van der Waals surface area contributed by atoms with Crippen LogP contribution in [0.5, 0.6) is 0 Å². The van der Waals surface area contributed by atoms with Gasteiger partial charge in [0.2, 0.25) is 11.8 Å². The smallest absolute Gasteiger partial charge is 0.238 e. The van der Waals surface area contributed by atoms with Crippen LogP contribution in [0, 0.1) is 19.7 Å². The average molecular weight is 385 g/mol. The molecule has 1 saturated heterocycles. The molecule has 2 amide bonds. The predicted octanol–water partition coefficient (Wildman–Crippen LogP) is 4.03. The third-order valence-corrected chi connectivity index (χ3v) is 5.63. The van der Waals surface area contributed by atoms with E-state index < -0.39 is 5.25 Å². The van der Waals surface area contributed by atoms with Gasteiger partial charge >= 0.3 is 0 Å². The van der Waals surface area contributed by atoms with E-state index in [0.29, 0.717) is 10.9 Å². The maximum atomic E-state index is 13.0. The molecule has 3 rings (SSSR count). The van der Waals surface area contributed by atoms with Crippen molar-refractivity contribution in [3.05, 3.63) is 59.4 Å². The molecular weight excluding hydrogens is 365 g/mol. The van der Waals surface area contributed by atoms with Crippen LogP contribution in [0.1, 0.15) is 17.5 Å². The fourth-order valence-corrected chi connectivity index (χ4v) is 3.62. The van der Waals surface area contributed by atoms with Gasteiger partial charge in [-0.2, -0.15) is 0 Å². The van der Waals surface area contributed by atoms with Gasteiger partial charge in [0.1, 0.15) is 11.1 Å². The van der Waals surface area contributed by atoms with E-state index in [1.54, 1.807) is 7.05 Å². The number of carbonyl (C=O) groups is 2. The number of aliphatic imine (C=N–C) groups is 1. The minimum Gasteiger partial charge on any atom is -0.325 e. The number of thioether (sulfide) groups is 1. The van der Waals surface area contributed by atoms with Crippen LogP contribution < -0.4 is 5.32 Å². The van der Waals surface area contributed by atoms with Crippen LogP contribution in [0.15, 0.2) is 47.5 Å². The highest BCUT2D eigenvalue weighted by Gasteiger charge is 2.34. The zero-order valence-corrected chi connectivity index (χ0v) is 16.1. The molecule has 27 heavy (non-hydrogen) atoms. The molecule has 0 aromatic heterocycles. The van der Waals surface area contributed by atoms with Crippen molar-refractivity contribution < 1.29 is 14.0 Å². The van der Waals surface area contributed by atoms with Crippen LogP contribution >= 0.6 is 11.8 Å². The lowest BCUT2D eigenvalue weighted by molar-refractivity contribution is -0.128. The van der Waals surface area contributed by atoms with Crippen LogP contribution in [-0.4, -0.2) is 34.2 Å². The first-order chi connectivity index (χ1) is 12.8. The minimum absolute atomic E-state index is 0.0835. The van der Waals surface area contributed by atoms with Crippen LogP contribution in [0.4, 0.5) is 15.8 Å². The highest BCUT2D eigenvalue weighted by atomic mass is 32.2. The number of hydrogen-bond acceptors (Lipinski definition) is 4. The van der Waals surface area contributed by atoms with Gasteiger partial charge in [0.15, 0.2) is 5.17 Å². The molecule has 2 aromatic rings. The molecule has 1 aliphatic heterocycles. The molecule has 0 saturated carbocycles. The van der Waals surface area contributed by atoms with Gasteiger partial charge in [0.05, 0.1) is 5.69 Å². The van der Waals surface area contributed by atoms with Crippen LogP contribution in [0.3, 0.4) is 0 Å². The summed E-state index contributed by atoms with van der Waals surface area (Å²) in [5.74, 6) is -0.851. The summed E-state index contributed by atoms with van der Waals surface area (Å²) in [6, 6.07) is 11.3. The SMILES string of the molecule is Cc1ccc(N=C2S[C@@H](C(=O)Nc3ccc(F)cc3)CC(=O)N2C)cc1C. The summed E-state index contributed by atoms with van der Waals surface area (Å²) in [6.07, 6.45) is 0.0835. The highest BCUT2D eigenvalue weighted by Crippen LogP contribution is 2.29. The van der Waals surface area contributed by atoms with E-state index in [-0.39, 0.29) is 24.1 Å². The van der Waals surface area contributed by atoms with Gasteiger partial charge < -0.3 is 5.32 Å². The second-order valence-corrected chi connectivity index (χ2v) is 7.59. The van der Waals surface area contributed by atoms with E-state index in [4.69, 9.17) is 0 Å². The predicted molar refractivity (Wildman–Crippen MR) is 107 cm³/mol. The Morgan fingerprint density at radius 1 is 1.19 bits per heavy atom. The van der Waals surface area contributed by atoms with Crippen molar-refractivity contribution in [3.8, 4) is 0 Å². The number of hydrogen-bond donors (Lipinski definition) is 1. The third kappa shape index (κ3) is 4.54. The van der Waals surface area contributed by atoms with Gasteiger partial charge in [0, 0.05) is 19.2 Å². The lowest BCUT2D eigenvalue weighted by Gasteiger charge is -2.28. The Hall–Kier alpha value is -2.67. The first-order valence-corrected chi connectivity index (χ1v) is 9.37. The Balaban J connectivity index is 1.78. The maximum Gasteiger partial charge on any atom is 0.238 e. The van der Waals surface area contributed by atoms with Crippen molar-refractivity contribution in [2.24, 2.45) is 4.99 Å². The van der Waals surface area contributed by atoms with E-state index in [1.165, 1.54) is 40.9 Å². The number of carbonyl (C=O) groups excluding carboxylic acids is 2. The second-order valence-electron chi connectivity index (χ2n) is 6.42. The summed E-state index contributed by atoms with van der Waals surface area (Å²) in [5.41, 5.74) is 3.49. The standard InChI is InChI=1S/C20H20FN3O2S/c1-12-4-7-16(10-13(12)2)23-20-24(3)18(25)11-17(27-20)19(26)22-15-8-5-14(21)6-9-15/h4-10,17H,11H2,1-3H3,(H,22,26)/t17-/m1/s1. The van der Waals surface area contributed by atoms with Gasteiger partial charge in [-0.25, -0.2) is 9.38 Å². The summed E-state index contributed by atoms with van der Waals surface area (Å²) in [4.78, 5) is 30.9. The molecule has 1 N–H and O–H groups in total. The first kappa shape index (κ1) is 19.1. The number of nitrogens with zero attached hydrogens (tertiary/aromatic N) is 2. The van der Waals surface area contributed by atoms with Gasteiger partial charge in [-0.1, -0.05) is 17.8 Å². The fraction of sp³-hybridized carbons (Fsp3) is 0.250. The lowest BCUT2D eigenvalue weighted by Crippen LogP contribution is -2.43. The van der Waals surface area contributed by atoms with Gasteiger partial charge in [-0.3, -0.25) is 14.5 Å². The fourth-order valence-electron chi connectivity index (χ4n) is 2.56. The van der Waals surface area contributed by atoms with Crippen molar-refractivity contribution >= 4 is 40.1 Å². The molecule has 0 unspecified atom stereocenters. The number of benzene rings is 2. The molecule has 0 bridgehead atoms. The van der Waals surface area contributed by atoms with E-state index >= 15 is 0 Å². The Morgan fingerprint density at radius 2 is 1.89 bits per heavy atom. The molecular formula is C20H20FN3O2S. The topological polar surface area (TPSA) is 61.8 Å². The van der Waals surface area contributed by atoms with E-state index in [0.717, 1.165) is 16.8 Å². The number of nitrogens with one attached hydrogen (secondary N) is 1. The minimum atomic E-state index is -0.593. The third-order valence-electron chi connectivity index (χ3n) is 4.39. The number of aryl methyl sites for hydroxylation is 2. The zero-order chi connectivity index (χ0) is 19.6. The molecule has 0 spiro atoms. The summed E-state index contributed by atoms with van der Waals surface area (Å²) >= 11 is 1.25. The van der Waals surface area contributed by atoms with Crippen molar-refractivity contribution in [3.63, 3.8) is 0 Å². The average Bonchev–Trinajstić information content (AvgIpc) is 2.63. The summed E-state index contributed by atoms with van der Waals surface area (Å²) in [6.45, 7) is 4.02. The van der Waals surface area contributed by atoms with Crippen LogP contribution in [0.25, 0.3) is 0 Å². The number of rotatable bonds is 3. The van der Waals surface area contributed by atoms with Gasteiger partial charge in [-0.05, 0) is 61.4 Å². The number of anilines is 1. The van der Waals surface area contributed by atoms with Crippen molar-refractivity contribution in [2.75, 3.05) is 12.4 Å². The quantitative estimate of drug-likeness (QED) is 0.868. The number of halogens is 1. The molecule has 7 heteroatoms. The van der Waals surface area contributed by atoms with Gasteiger partial charge in [0.25, 0.3) is 0 Å². The molecule has 5 nitrogen and oxygen atoms in total. The molecule has 1 fully saturated rings. The highest BCUT2D eigenvalue weighted by molar-refractivity contribution is 8.15. The second kappa shape index (κ2) is 7.92. The largest absolute Gasteiger partial charge is 0.325 e. The lowest BCUT2D eigenvalue weighted by atomic mass is 10.1. The Labute approximate surface area is 161 Å². The van der Waals surface area contributed by atoms with E-state index in [9.17, 15) is 14.0 Å². The Morgan fingerprint density at radius 3 is 2.56 bits per heavy atom. The number of amidine groups is 1. The summed E-state index contributed by atoms with van der Waals surface area (Å²) in [5, 5.41) is 2.61. The first-order valence-electron chi connectivity index (χ1n) is 8.49. The van der Waals surface area contributed by atoms with E-state index in [1.807, 2.05) is 32.0 Å². The zero-order valence-electron chi connectivity index (χ0n) is 15.3. The molecule has 1 heterocycles. The summed E-state index contributed by atoms with van der Waals surface area (Å²) in [7, 11) is 1.66. The maximum absolute atomic E-state index is 13.0. The molecule has 2 aromatic carbocycles. The van der Waals surface area contributed by atoms with Crippen molar-refractivity contribution in [1.29, 1.82) is 0 Å². The molecule has 140 valence electrons. The van der Waals surface area contributed by atoms with Crippen LogP contribution in [0.2, 0.25) is 0 Å². The Bertz CT molecular complexity index is 912. The van der Waals surface area contributed by atoms with Crippen LogP contribution in [-0.2, 0) is 9.59 Å². The molecule has 1 aliphatic rings.